The number of carbonyl (C=O) groups is 1. The third-order valence-corrected chi connectivity index (χ3v) is 5.96. The normalized spacial score (nSPS) is 14.3. The van der Waals surface area contributed by atoms with Crippen molar-refractivity contribution in [3.8, 4) is 11.3 Å². The summed E-state index contributed by atoms with van der Waals surface area (Å²) in [6, 6.07) is 8.82. The quantitative estimate of drug-likeness (QED) is 0.637. The summed E-state index contributed by atoms with van der Waals surface area (Å²) in [5, 5.41) is 6.35. The van der Waals surface area contributed by atoms with Crippen LogP contribution in [-0.2, 0) is 6.54 Å². The van der Waals surface area contributed by atoms with E-state index in [9.17, 15) is 9.59 Å². The molecule has 8 heteroatoms. The highest BCUT2D eigenvalue weighted by Crippen LogP contribution is 2.25. The topological polar surface area (TPSA) is 68.1 Å². The molecular formula is C18H15BrN4O2S. The molecule has 26 heavy (non-hydrogen) atoms. The number of carbonyl (C=O) groups excluding carboxylic acids is 1. The van der Waals surface area contributed by atoms with Crippen LogP contribution in [0, 0.1) is 5.92 Å². The molecule has 0 aromatic carbocycles. The van der Waals surface area contributed by atoms with Crippen molar-refractivity contribution in [1.82, 2.24) is 19.7 Å². The molecule has 0 radical (unpaired) electrons. The van der Waals surface area contributed by atoms with Gasteiger partial charge in [-0.15, -0.1) is 11.3 Å². The lowest BCUT2D eigenvalue weighted by Gasteiger charge is -2.39. The molecule has 0 unspecified atom stereocenters. The lowest BCUT2D eigenvalue weighted by molar-refractivity contribution is 0.0463. The number of amides is 1. The van der Waals surface area contributed by atoms with Gasteiger partial charge < -0.3 is 4.90 Å². The van der Waals surface area contributed by atoms with E-state index in [0.717, 1.165) is 14.9 Å². The lowest BCUT2D eigenvalue weighted by Crippen LogP contribution is -2.52. The number of hydrogen-bond donors (Lipinski definition) is 0. The monoisotopic (exact) mass is 430 g/mol. The molecule has 3 aromatic heterocycles. The van der Waals surface area contributed by atoms with Crippen molar-refractivity contribution in [3.05, 3.63) is 67.8 Å². The van der Waals surface area contributed by atoms with Gasteiger partial charge in [0.15, 0.2) is 0 Å². The maximum absolute atomic E-state index is 12.4. The molecule has 4 heterocycles. The van der Waals surface area contributed by atoms with Crippen LogP contribution in [0.5, 0.6) is 0 Å². The van der Waals surface area contributed by atoms with Crippen LogP contribution in [0.15, 0.2) is 57.4 Å². The van der Waals surface area contributed by atoms with E-state index in [1.807, 2.05) is 23.6 Å². The minimum absolute atomic E-state index is 0.0429. The van der Waals surface area contributed by atoms with E-state index < -0.39 is 0 Å². The molecule has 0 saturated carbocycles. The van der Waals surface area contributed by atoms with Gasteiger partial charge in [-0.1, -0.05) is 0 Å². The van der Waals surface area contributed by atoms with E-state index in [4.69, 9.17) is 0 Å². The van der Waals surface area contributed by atoms with Gasteiger partial charge >= 0.3 is 0 Å². The maximum Gasteiger partial charge on any atom is 0.266 e. The van der Waals surface area contributed by atoms with Crippen molar-refractivity contribution in [2.75, 3.05) is 13.1 Å². The van der Waals surface area contributed by atoms with Crippen LogP contribution in [0.4, 0.5) is 0 Å². The summed E-state index contributed by atoms with van der Waals surface area (Å²) in [5.74, 6) is 0.276. The molecular weight excluding hydrogens is 416 g/mol. The Morgan fingerprint density at radius 1 is 1.31 bits per heavy atom. The fourth-order valence-electron chi connectivity index (χ4n) is 2.92. The van der Waals surface area contributed by atoms with Crippen molar-refractivity contribution >= 4 is 33.2 Å². The Labute approximate surface area is 162 Å². The first kappa shape index (κ1) is 17.1. The first-order valence-corrected chi connectivity index (χ1v) is 9.79. The number of likely N-dealkylation sites (tertiary alicyclic amines) is 1. The average Bonchev–Trinajstić information content (AvgIpc) is 3.06. The largest absolute Gasteiger partial charge is 0.337 e. The van der Waals surface area contributed by atoms with Crippen molar-refractivity contribution in [3.63, 3.8) is 0 Å². The standard InChI is InChI=1S/C18H15BrN4O2S/c19-14-6-16(26-11-14)18(25)22-8-12(9-22)10-23-17(24)4-3-15(21-23)13-2-1-5-20-7-13/h1-7,11-12H,8-10H2. The smallest absolute Gasteiger partial charge is 0.266 e. The van der Waals surface area contributed by atoms with Crippen LogP contribution in [0.3, 0.4) is 0 Å². The predicted octanol–water partition coefficient (Wildman–Crippen LogP) is 2.90. The number of nitrogens with zero attached hydrogens (tertiary/aromatic N) is 4. The minimum atomic E-state index is -0.135. The van der Waals surface area contributed by atoms with Crippen molar-refractivity contribution < 1.29 is 4.79 Å². The van der Waals surface area contributed by atoms with Gasteiger partial charge in [-0.2, -0.15) is 5.10 Å². The lowest BCUT2D eigenvalue weighted by atomic mass is 10.00. The van der Waals surface area contributed by atoms with Crippen molar-refractivity contribution in [1.29, 1.82) is 0 Å². The fourth-order valence-corrected chi connectivity index (χ4v) is 4.32. The highest BCUT2D eigenvalue weighted by molar-refractivity contribution is 9.10. The summed E-state index contributed by atoms with van der Waals surface area (Å²) in [6.07, 6.45) is 3.42. The highest BCUT2D eigenvalue weighted by Gasteiger charge is 2.32. The number of aromatic nitrogens is 3. The molecule has 1 saturated heterocycles. The molecule has 0 spiro atoms. The van der Waals surface area contributed by atoms with E-state index in [2.05, 4.69) is 26.0 Å². The Balaban J connectivity index is 1.43. The van der Waals surface area contributed by atoms with Gasteiger partial charge in [0.25, 0.3) is 11.5 Å². The molecule has 1 fully saturated rings. The number of hydrogen-bond acceptors (Lipinski definition) is 5. The third-order valence-electron chi connectivity index (χ3n) is 4.28. The van der Waals surface area contributed by atoms with Gasteiger partial charge in [0.1, 0.15) is 0 Å². The van der Waals surface area contributed by atoms with Crippen LogP contribution in [-0.4, -0.2) is 38.7 Å². The minimum Gasteiger partial charge on any atom is -0.337 e. The Bertz CT molecular complexity index is 996. The van der Waals surface area contributed by atoms with Gasteiger partial charge in [0, 0.05) is 52.9 Å². The summed E-state index contributed by atoms with van der Waals surface area (Å²) in [6.45, 7) is 1.78. The summed E-state index contributed by atoms with van der Waals surface area (Å²) in [7, 11) is 0. The SMILES string of the molecule is O=C(c1cc(Br)cs1)N1CC(Cn2nc(-c3cccnc3)ccc2=O)C1. The Morgan fingerprint density at radius 3 is 2.85 bits per heavy atom. The van der Waals surface area contributed by atoms with Gasteiger partial charge in [-0.3, -0.25) is 14.6 Å². The summed E-state index contributed by atoms with van der Waals surface area (Å²) in [5.41, 5.74) is 1.45. The van der Waals surface area contributed by atoms with E-state index in [1.165, 1.54) is 22.1 Å². The molecule has 0 N–H and O–H groups in total. The maximum atomic E-state index is 12.4. The van der Waals surface area contributed by atoms with E-state index in [0.29, 0.717) is 25.3 Å². The number of rotatable bonds is 4. The highest BCUT2D eigenvalue weighted by atomic mass is 79.9. The fraction of sp³-hybridized carbons (Fsp3) is 0.222. The molecule has 132 valence electrons. The second kappa shape index (κ2) is 7.13. The second-order valence-corrected chi connectivity index (χ2v) is 8.01. The molecule has 0 aliphatic carbocycles. The van der Waals surface area contributed by atoms with Gasteiger partial charge in [0.2, 0.25) is 0 Å². The Kier molecular flexibility index (Phi) is 4.69. The van der Waals surface area contributed by atoms with E-state index >= 15 is 0 Å². The molecule has 0 bridgehead atoms. The second-order valence-electron chi connectivity index (χ2n) is 6.19. The van der Waals surface area contributed by atoms with Gasteiger partial charge in [-0.05, 0) is 40.2 Å². The number of pyridine rings is 1. The van der Waals surface area contributed by atoms with Gasteiger partial charge in [0.05, 0.1) is 17.1 Å². The molecule has 1 amide bonds. The number of halogens is 1. The predicted molar refractivity (Wildman–Crippen MR) is 103 cm³/mol. The number of thiophene rings is 1. The van der Waals surface area contributed by atoms with Crippen LogP contribution in [0.2, 0.25) is 0 Å². The molecule has 3 aromatic rings. The summed E-state index contributed by atoms with van der Waals surface area (Å²) < 4.78 is 2.40. The molecule has 1 aliphatic heterocycles. The molecule has 6 nitrogen and oxygen atoms in total. The van der Waals surface area contributed by atoms with E-state index in [-0.39, 0.29) is 17.4 Å². The molecule has 0 atom stereocenters. The van der Waals surface area contributed by atoms with E-state index in [1.54, 1.807) is 23.4 Å². The molecule has 4 rings (SSSR count). The van der Waals surface area contributed by atoms with Crippen molar-refractivity contribution in [2.24, 2.45) is 5.92 Å². The zero-order valence-electron chi connectivity index (χ0n) is 13.7. The first-order valence-electron chi connectivity index (χ1n) is 8.12. The zero-order valence-corrected chi connectivity index (χ0v) is 16.1. The summed E-state index contributed by atoms with van der Waals surface area (Å²) in [4.78, 5) is 31.1. The zero-order chi connectivity index (χ0) is 18.1. The average molecular weight is 431 g/mol. The molecule has 1 aliphatic rings. The van der Waals surface area contributed by atoms with Crippen molar-refractivity contribution in [2.45, 2.75) is 6.54 Å². The third kappa shape index (κ3) is 3.47. The van der Waals surface area contributed by atoms with Crippen LogP contribution >= 0.6 is 27.3 Å². The van der Waals surface area contributed by atoms with Crippen LogP contribution < -0.4 is 5.56 Å². The van der Waals surface area contributed by atoms with Gasteiger partial charge in [-0.25, -0.2) is 4.68 Å². The first-order chi connectivity index (χ1) is 12.6. The van der Waals surface area contributed by atoms with Crippen LogP contribution in [0.25, 0.3) is 11.3 Å². The Hall–Kier alpha value is -2.32. The Morgan fingerprint density at radius 2 is 2.15 bits per heavy atom. The van der Waals surface area contributed by atoms with Crippen LogP contribution in [0.1, 0.15) is 9.67 Å². The summed E-state index contributed by atoms with van der Waals surface area (Å²) >= 11 is 4.80.